The number of hydrogen-bond acceptors (Lipinski definition) is 6. The Morgan fingerprint density at radius 3 is 2.57 bits per heavy atom. The molecule has 1 atom stereocenters. The second-order valence-corrected chi connectivity index (χ2v) is 7.76. The van der Waals surface area contributed by atoms with Gasteiger partial charge in [-0.25, -0.2) is 4.68 Å². The fourth-order valence-corrected chi connectivity index (χ4v) is 4.51. The van der Waals surface area contributed by atoms with Crippen LogP contribution in [0.25, 0.3) is 0 Å². The number of aromatic nitrogens is 4. The van der Waals surface area contributed by atoms with Gasteiger partial charge in [0.25, 0.3) is 0 Å². The average molecular weight is 385 g/mol. The van der Waals surface area contributed by atoms with Gasteiger partial charge < -0.3 is 14.8 Å². The molecule has 8 nitrogen and oxygen atoms in total. The van der Waals surface area contributed by atoms with E-state index in [-0.39, 0.29) is 17.9 Å². The van der Waals surface area contributed by atoms with Crippen molar-refractivity contribution in [3.8, 4) is 11.5 Å². The molecule has 1 heterocycles. The maximum Gasteiger partial charge on any atom is 0.223 e. The molecule has 2 aromatic rings. The van der Waals surface area contributed by atoms with Crippen LogP contribution in [0.1, 0.15) is 49.3 Å². The topological polar surface area (TPSA) is 91.2 Å². The Morgan fingerprint density at radius 2 is 1.89 bits per heavy atom. The van der Waals surface area contributed by atoms with Gasteiger partial charge in [-0.15, -0.1) is 5.10 Å². The number of rotatable bonds is 6. The van der Waals surface area contributed by atoms with E-state index in [1.165, 1.54) is 5.56 Å². The number of ether oxygens (including phenoxy) is 2. The molecule has 8 heteroatoms. The molecule has 0 aliphatic heterocycles. The number of carbonyl (C=O) groups is 1. The first-order chi connectivity index (χ1) is 13.7. The van der Waals surface area contributed by atoms with Crippen LogP contribution in [0.5, 0.6) is 11.5 Å². The molecule has 0 saturated heterocycles. The van der Waals surface area contributed by atoms with E-state index in [1.54, 1.807) is 25.2 Å². The second-order valence-electron chi connectivity index (χ2n) is 7.76. The van der Waals surface area contributed by atoms with E-state index in [0.29, 0.717) is 11.7 Å². The Labute approximate surface area is 164 Å². The number of hydrogen-bond donors (Lipinski definition) is 1. The molecular formula is C20H27N5O3. The SMILES string of the molecule is COc1cc2c(cc1OC)[C@@H](NC(=O)C1CCC(Cn3cnnn3)CC1)CC2. The molecule has 0 radical (unpaired) electrons. The highest BCUT2D eigenvalue weighted by Gasteiger charge is 2.31. The highest BCUT2D eigenvalue weighted by atomic mass is 16.5. The van der Waals surface area contributed by atoms with Gasteiger partial charge in [-0.05, 0) is 78.1 Å². The van der Waals surface area contributed by atoms with Crippen molar-refractivity contribution in [2.75, 3.05) is 14.2 Å². The third-order valence-electron chi connectivity index (χ3n) is 6.09. The zero-order chi connectivity index (χ0) is 19.5. The number of tetrazole rings is 1. The predicted octanol–water partition coefficient (Wildman–Crippen LogP) is 2.30. The lowest BCUT2D eigenvalue weighted by atomic mass is 9.81. The molecule has 0 bridgehead atoms. The van der Waals surface area contributed by atoms with Crippen molar-refractivity contribution in [2.24, 2.45) is 11.8 Å². The summed E-state index contributed by atoms with van der Waals surface area (Å²) in [7, 11) is 3.29. The summed E-state index contributed by atoms with van der Waals surface area (Å²) in [5.41, 5.74) is 2.38. The summed E-state index contributed by atoms with van der Waals surface area (Å²) in [4.78, 5) is 12.9. The van der Waals surface area contributed by atoms with E-state index in [2.05, 4.69) is 20.8 Å². The van der Waals surface area contributed by atoms with E-state index >= 15 is 0 Å². The molecule has 2 aliphatic rings. The maximum absolute atomic E-state index is 12.9. The summed E-state index contributed by atoms with van der Waals surface area (Å²) in [6, 6.07) is 4.10. The van der Waals surface area contributed by atoms with Crippen molar-refractivity contribution in [1.29, 1.82) is 0 Å². The van der Waals surface area contributed by atoms with Gasteiger partial charge in [0.15, 0.2) is 11.5 Å². The number of methoxy groups -OCH3 is 2. The van der Waals surface area contributed by atoms with Crippen molar-refractivity contribution >= 4 is 5.91 Å². The van der Waals surface area contributed by atoms with Gasteiger partial charge >= 0.3 is 0 Å². The molecule has 1 aromatic heterocycles. The minimum absolute atomic E-state index is 0.0567. The smallest absolute Gasteiger partial charge is 0.223 e. The van der Waals surface area contributed by atoms with Crippen molar-refractivity contribution in [3.05, 3.63) is 29.6 Å². The number of carbonyl (C=O) groups excluding carboxylic acids is 1. The molecule has 28 heavy (non-hydrogen) atoms. The van der Waals surface area contributed by atoms with Crippen LogP contribution in [0.15, 0.2) is 18.5 Å². The van der Waals surface area contributed by atoms with Gasteiger partial charge in [0.2, 0.25) is 5.91 Å². The monoisotopic (exact) mass is 385 g/mol. The highest BCUT2D eigenvalue weighted by molar-refractivity contribution is 5.79. The second kappa shape index (κ2) is 8.16. The van der Waals surface area contributed by atoms with Crippen LogP contribution in [-0.2, 0) is 17.8 Å². The van der Waals surface area contributed by atoms with Crippen LogP contribution in [0, 0.1) is 11.8 Å². The summed E-state index contributed by atoms with van der Waals surface area (Å²) in [6.45, 7) is 0.832. The summed E-state index contributed by atoms with van der Waals surface area (Å²) < 4.78 is 12.6. The Balaban J connectivity index is 1.34. The summed E-state index contributed by atoms with van der Waals surface area (Å²) in [6.07, 6.45) is 7.42. The minimum Gasteiger partial charge on any atom is -0.493 e. The molecule has 1 fully saturated rings. The molecule has 1 amide bonds. The maximum atomic E-state index is 12.9. The van der Waals surface area contributed by atoms with E-state index < -0.39 is 0 Å². The normalized spacial score (nSPS) is 23.9. The summed E-state index contributed by atoms with van der Waals surface area (Å²) in [5, 5.41) is 14.6. The number of nitrogens with zero attached hydrogens (tertiary/aromatic N) is 4. The van der Waals surface area contributed by atoms with Crippen LogP contribution >= 0.6 is 0 Å². The standard InChI is InChI=1S/C20H27N5O3/c1-27-18-9-15-7-8-17(16(15)10-19(18)28-2)22-20(26)14-5-3-13(4-6-14)11-25-12-21-23-24-25/h9-10,12-14,17H,3-8,11H2,1-2H3,(H,22,26)/t13?,14?,17-/m0/s1. The largest absolute Gasteiger partial charge is 0.493 e. The zero-order valence-corrected chi connectivity index (χ0v) is 16.4. The Morgan fingerprint density at radius 1 is 1.14 bits per heavy atom. The van der Waals surface area contributed by atoms with Crippen molar-refractivity contribution in [1.82, 2.24) is 25.5 Å². The molecule has 2 aliphatic carbocycles. The molecular weight excluding hydrogens is 358 g/mol. The van der Waals surface area contributed by atoms with Gasteiger partial charge in [-0.3, -0.25) is 4.79 Å². The third-order valence-corrected chi connectivity index (χ3v) is 6.09. The van der Waals surface area contributed by atoms with Gasteiger partial charge in [-0.2, -0.15) is 0 Å². The quantitative estimate of drug-likeness (QED) is 0.820. The molecule has 4 rings (SSSR count). The minimum atomic E-state index is 0.0567. The van der Waals surface area contributed by atoms with Crippen LogP contribution in [0.2, 0.25) is 0 Å². The van der Waals surface area contributed by atoms with E-state index in [4.69, 9.17) is 9.47 Å². The first-order valence-corrected chi connectivity index (χ1v) is 9.94. The van der Waals surface area contributed by atoms with E-state index in [0.717, 1.165) is 56.4 Å². The van der Waals surface area contributed by atoms with E-state index in [1.807, 2.05) is 12.1 Å². The molecule has 0 unspecified atom stereocenters. The molecule has 1 aromatic carbocycles. The molecule has 150 valence electrons. The summed E-state index contributed by atoms with van der Waals surface area (Å²) >= 11 is 0. The molecule has 1 saturated carbocycles. The number of aryl methyl sites for hydroxylation is 1. The first kappa shape index (κ1) is 18.7. The fourth-order valence-electron chi connectivity index (χ4n) is 4.51. The third kappa shape index (κ3) is 3.81. The van der Waals surface area contributed by atoms with Crippen LogP contribution in [-0.4, -0.2) is 40.3 Å². The van der Waals surface area contributed by atoms with Gasteiger partial charge in [0.05, 0.1) is 20.3 Å². The Kier molecular flexibility index (Phi) is 5.45. The summed E-state index contributed by atoms with van der Waals surface area (Å²) in [5.74, 6) is 2.26. The Bertz CT molecular complexity index is 815. The molecule has 1 N–H and O–H groups in total. The van der Waals surface area contributed by atoms with Crippen LogP contribution in [0.4, 0.5) is 0 Å². The fraction of sp³-hybridized carbons (Fsp3) is 0.600. The lowest BCUT2D eigenvalue weighted by Crippen LogP contribution is -2.35. The number of amides is 1. The van der Waals surface area contributed by atoms with Crippen molar-refractivity contribution < 1.29 is 14.3 Å². The number of benzene rings is 1. The van der Waals surface area contributed by atoms with Gasteiger partial charge in [0.1, 0.15) is 6.33 Å². The number of nitrogens with one attached hydrogen (secondary N) is 1. The molecule has 0 spiro atoms. The zero-order valence-electron chi connectivity index (χ0n) is 16.4. The average Bonchev–Trinajstić information content (AvgIpc) is 3.37. The van der Waals surface area contributed by atoms with Gasteiger partial charge in [-0.1, -0.05) is 0 Å². The lowest BCUT2D eigenvalue weighted by molar-refractivity contribution is -0.127. The number of fused-ring (bicyclic) bond motifs is 1. The van der Waals surface area contributed by atoms with Crippen LogP contribution < -0.4 is 14.8 Å². The predicted molar refractivity (Wildman–Crippen MR) is 102 cm³/mol. The van der Waals surface area contributed by atoms with Gasteiger partial charge in [0, 0.05) is 12.5 Å². The first-order valence-electron chi connectivity index (χ1n) is 9.94. The van der Waals surface area contributed by atoms with Crippen molar-refractivity contribution in [3.63, 3.8) is 0 Å². The highest BCUT2D eigenvalue weighted by Crippen LogP contribution is 2.40. The van der Waals surface area contributed by atoms with Crippen molar-refractivity contribution in [2.45, 2.75) is 51.1 Å². The Hall–Kier alpha value is -2.64. The van der Waals surface area contributed by atoms with E-state index in [9.17, 15) is 4.79 Å². The van der Waals surface area contributed by atoms with Crippen LogP contribution in [0.3, 0.4) is 0 Å². The lowest BCUT2D eigenvalue weighted by Gasteiger charge is -2.28.